The molecule has 0 radical (unpaired) electrons. The quantitative estimate of drug-likeness (QED) is 0.844. The molecule has 2 aromatic carbocycles. The number of hydrogen-bond acceptors (Lipinski definition) is 2. The summed E-state index contributed by atoms with van der Waals surface area (Å²) in [6.45, 7) is 1.83. The Morgan fingerprint density at radius 3 is 1.80 bits per heavy atom. The van der Waals surface area contributed by atoms with Crippen LogP contribution in [0.15, 0.2) is 65.7 Å². The van der Waals surface area contributed by atoms with Gasteiger partial charge in [0.25, 0.3) is 0 Å². The van der Waals surface area contributed by atoms with Crippen molar-refractivity contribution in [3.63, 3.8) is 0 Å². The van der Waals surface area contributed by atoms with Crippen molar-refractivity contribution in [2.45, 2.75) is 19.4 Å². The van der Waals surface area contributed by atoms with Crippen LogP contribution in [-0.2, 0) is 4.79 Å². The third-order valence-corrected chi connectivity index (χ3v) is 3.05. The van der Waals surface area contributed by atoms with Crippen LogP contribution in [-0.4, -0.2) is 22.8 Å². The van der Waals surface area contributed by atoms with Crippen molar-refractivity contribution in [2.24, 2.45) is 4.99 Å². The molecular weight excluding hydrogens is 250 g/mol. The average molecular weight is 267 g/mol. The van der Waals surface area contributed by atoms with Crippen LogP contribution in [0, 0.1) is 0 Å². The topological polar surface area (TPSA) is 49.7 Å². The number of aliphatic carboxylic acids is 1. The lowest BCUT2D eigenvalue weighted by atomic mass is 10.0. The highest BCUT2D eigenvalue weighted by molar-refractivity contribution is 6.13. The Balaban J connectivity index is 2.50. The van der Waals surface area contributed by atoms with E-state index in [0.717, 1.165) is 16.8 Å². The molecule has 0 spiro atoms. The van der Waals surface area contributed by atoms with Gasteiger partial charge in [-0.25, -0.2) is 4.79 Å². The lowest BCUT2D eigenvalue weighted by Gasteiger charge is -2.11. The van der Waals surface area contributed by atoms with Crippen molar-refractivity contribution in [1.82, 2.24) is 0 Å². The largest absolute Gasteiger partial charge is 0.480 e. The van der Waals surface area contributed by atoms with E-state index in [1.54, 1.807) is 0 Å². The highest BCUT2D eigenvalue weighted by atomic mass is 16.4. The Hall–Kier alpha value is -2.42. The van der Waals surface area contributed by atoms with Gasteiger partial charge in [0.15, 0.2) is 0 Å². The fourth-order valence-corrected chi connectivity index (χ4v) is 1.98. The molecule has 0 aliphatic rings. The molecule has 3 heteroatoms. The van der Waals surface area contributed by atoms with Crippen molar-refractivity contribution in [2.75, 3.05) is 0 Å². The number of carboxylic acids is 1. The van der Waals surface area contributed by atoms with Gasteiger partial charge >= 0.3 is 5.97 Å². The second-order valence-corrected chi connectivity index (χ2v) is 4.47. The molecule has 2 rings (SSSR count). The molecule has 1 N–H and O–H groups in total. The van der Waals surface area contributed by atoms with Gasteiger partial charge in [-0.1, -0.05) is 67.6 Å². The molecule has 1 unspecified atom stereocenters. The molecular formula is C17H17NO2. The number of carbonyl (C=O) groups is 1. The molecule has 20 heavy (non-hydrogen) atoms. The Morgan fingerprint density at radius 2 is 1.45 bits per heavy atom. The highest BCUT2D eigenvalue weighted by Gasteiger charge is 2.16. The summed E-state index contributed by atoms with van der Waals surface area (Å²) in [6.07, 6.45) is 0.471. The van der Waals surface area contributed by atoms with Gasteiger partial charge in [-0.15, -0.1) is 0 Å². The minimum absolute atomic E-state index is 0.471. The van der Waals surface area contributed by atoms with Crippen LogP contribution in [0.2, 0.25) is 0 Å². The van der Waals surface area contributed by atoms with E-state index in [1.165, 1.54) is 0 Å². The van der Waals surface area contributed by atoms with E-state index in [-0.39, 0.29) is 0 Å². The van der Waals surface area contributed by atoms with Crippen LogP contribution in [0.5, 0.6) is 0 Å². The molecule has 0 saturated carbocycles. The molecule has 0 amide bonds. The monoisotopic (exact) mass is 267 g/mol. The predicted molar refractivity (Wildman–Crippen MR) is 80.2 cm³/mol. The molecule has 0 aliphatic heterocycles. The van der Waals surface area contributed by atoms with E-state index in [1.807, 2.05) is 67.6 Å². The van der Waals surface area contributed by atoms with Crippen LogP contribution in [0.3, 0.4) is 0 Å². The van der Waals surface area contributed by atoms with Crippen molar-refractivity contribution in [3.05, 3.63) is 71.8 Å². The highest BCUT2D eigenvalue weighted by Crippen LogP contribution is 2.13. The minimum Gasteiger partial charge on any atom is -0.480 e. The zero-order valence-corrected chi connectivity index (χ0v) is 11.4. The van der Waals surface area contributed by atoms with Crippen LogP contribution in [0.4, 0.5) is 0 Å². The number of carboxylic acid groups (broad SMARTS) is 1. The number of aliphatic imine (C=N–C) groups is 1. The zero-order chi connectivity index (χ0) is 14.4. The maximum atomic E-state index is 11.2. The molecule has 0 saturated heterocycles. The van der Waals surface area contributed by atoms with Gasteiger partial charge in [0.2, 0.25) is 0 Å². The molecule has 0 aromatic heterocycles. The molecule has 102 valence electrons. The Morgan fingerprint density at radius 1 is 1.00 bits per heavy atom. The van der Waals surface area contributed by atoms with Crippen molar-refractivity contribution in [3.8, 4) is 0 Å². The molecule has 1 atom stereocenters. The second-order valence-electron chi connectivity index (χ2n) is 4.47. The first kappa shape index (κ1) is 14.0. The third-order valence-electron chi connectivity index (χ3n) is 3.05. The van der Waals surface area contributed by atoms with Crippen molar-refractivity contribution >= 4 is 11.7 Å². The van der Waals surface area contributed by atoms with E-state index >= 15 is 0 Å². The first-order valence-corrected chi connectivity index (χ1v) is 6.63. The molecule has 0 heterocycles. The standard InChI is InChI=1S/C17H17NO2/c1-2-15(17(19)20)18-16(13-9-5-3-6-10-13)14-11-7-4-8-12-14/h3-12,15H,2H2,1H3,(H,19,20). The van der Waals surface area contributed by atoms with Crippen LogP contribution in [0.1, 0.15) is 24.5 Å². The molecule has 3 nitrogen and oxygen atoms in total. The van der Waals surface area contributed by atoms with Gasteiger partial charge < -0.3 is 5.11 Å². The lowest BCUT2D eigenvalue weighted by molar-refractivity contribution is -0.138. The Labute approximate surface area is 118 Å². The molecule has 0 aliphatic carbocycles. The van der Waals surface area contributed by atoms with Gasteiger partial charge in [-0.2, -0.15) is 0 Å². The Bertz CT molecular complexity index is 549. The van der Waals surface area contributed by atoms with E-state index in [9.17, 15) is 9.90 Å². The summed E-state index contributed by atoms with van der Waals surface area (Å²) in [6, 6.07) is 18.6. The van der Waals surface area contributed by atoms with E-state index in [0.29, 0.717) is 6.42 Å². The van der Waals surface area contributed by atoms with E-state index < -0.39 is 12.0 Å². The van der Waals surface area contributed by atoms with Crippen LogP contribution < -0.4 is 0 Å². The van der Waals surface area contributed by atoms with Crippen LogP contribution >= 0.6 is 0 Å². The number of hydrogen-bond donors (Lipinski definition) is 1. The fraction of sp³-hybridized carbons (Fsp3) is 0.176. The number of nitrogens with zero attached hydrogens (tertiary/aromatic N) is 1. The maximum Gasteiger partial charge on any atom is 0.328 e. The van der Waals surface area contributed by atoms with Crippen LogP contribution in [0.25, 0.3) is 0 Å². The lowest BCUT2D eigenvalue weighted by Crippen LogP contribution is -2.19. The van der Waals surface area contributed by atoms with Gasteiger partial charge in [-0.3, -0.25) is 4.99 Å². The first-order chi connectivity index (χ1) is 9.72. The van der Waals surface area contributed by atoms with E-state index in [2.05, 4.69) is 4.99 Å². The maximum absolute atomic E-state index is 11.2. The second kappa shape index (κ2) is 6.66. The zero-order valence-electron chi connectivity index (χ0n) is 11.4. The summed E-state index contributed by atoms with van der Waals surface area (Å²) in [5.74, 6) is -0.892. The molecule has 2 aromatic rings. The molecule has 0 fully saturated rings. The summed E-state index contributed by atoms with van der Waals surface area (Å²) in [7, 11) is 0. The fourth-order valence-electron chi connectivity index (χ4n) is 1.98. The SMILES string of the molecule is CCC(N=C(c1ccccc1)c1ccccc1)C(=O)O. The van der Waals surface area contributed by atoms with Gasteiger partial charge in [0.1, 0.15) is 6.04 Å². The summed E-state index contributed by atoms with van der Waals surface area (Å²) >= 11 is 0. The van der Waals surface area contributed by atoms with E-state index in [4.69, 9.17) is 0 Å². The number of rotatable bonds is 5. The first-order valence-electron chi connectivity index (χ1n) is 6.63. The van der Waals surface area contributed by atoms with Gasteiger partial charge in [-0.05, 0) is 6.42 Å². The summed E-state index contributed by atoms with van der Waals surface area (Å²) in [4.78, 5) is 15.7. The average Bonchev–Trinajstić information content (AvgIpc) is 2.50. The van der Waals surface area contributed by atoms with Crippen molar-refractivity contribution < 1.29 is 9.90 Å². The molecule has 0 bridgehead atoms. The normalized spacial score (nSPS) is 11.7. The number of benzene rings is 2. The smallest absolute Gasteiger partial charge is 0.328 e. The third kappa shape index (κ3) is 3.32. The summed E-state index contributed by atoms with van der Waals surface area (Å²) in [5, 5.41) is 9.21. The minimum atomic E-state index is -0.892. The van der Waals surface area contributed by atoms with Gasteiger partial charge in [0, 0.05) is 11.1 Å². The predicted octanol–water partition coefficient (Wildman–Crippen LogP) is 3.39. The summed E-state index contributed by atoms with van der Waals surface area (Å²) < 4.78 is 0. The van der Waals surface area contributed by atoms with Crippen molar-refractivity contribution in [1.29, 1.82) is 0 Å². The van der Waals surface area contributed by atoms with Gasteiger partial charge in [0.05, 0.1) is 5.71 Å². The Kier molecular flexibility index (Phi) is 4.66. The summed E-state index contributed by atoms with van der Waals surface area (Å²) in [5.41, 5.74) is 2.58.